The SMILES string of the molecule is O=C(CCCCC1CCSS1)NC1CCCc2ccccc21. The molecule has 1 heterocycles. The van der Waals surface area contributed by atoms with Crippen LogP contribution in [0.15, 0.2) is 24.3 Å². The number of carbonyl (C=O) groups excluding carboxylic acids is 1. The Morgan fingerprint density at radius 1 is 1.23 bits per heavy atom. The van der Waals surface area contributed by atoms with Gasteiger partial charge in [0.05, 0.1) is 6.04 Å². The molecule has 1 aliphatic heterocycles. The van der Waals surface area contributed by atoms with Gasteiger partial charge >= 0.3 is 0 Å². The molecular formula is C18H25NOS2. The fraction of sp³-hybridized carbons (Fsp3) is 0.611. The molecule has 0 radical (unpaired) electrons. The van der Waals surface area contributed by atoms with Crippen molar-refractivity contribution in [1.82, 2.24) is 5.32 Å². The highest BCUT2D eigenvalue weighted by molar-refractivity contribution is 8.77. The highest BCUT2D eigenvalue weighted by Crippen LogP contribution is 2.39. The lowest BCUT2D eigenvalue weighted by molar-refractivity contribution is -0.122. The molecule has 1 fully saturated rings. The van der Waals surface area contributed by atoms with E-state index in [9.17, 15) is 4.79 Å². The molecule has 2 aliphatic rings. The smallest absolute Gasteiger partial charge is 0.220 e. The number of hydrogen-bond donors (Lipinski definition) is 1. The van der Waals surface area contributed by atoms with Gasteiger partial charge < -0.3 is 5.32 Å². The minimum absolute atomic E-state index is 0.232. The van der Waals surface area contributed by atoms with Crippen LogP contribution >= 0.6 is 21.6 Å². The van der Waals surface area contributed by atoms with E-state index in [1.54, 1.807) is 0 Å². The molecule has 0 bridgehead atoms. The summed E-state index contributed by atoms with van der Waals surface area (Å²) in [6, 6.07) is 8.79. The zero-order valence-electron chi connectivity index (χ0n) is 13.1. The maximum absolute atomic E-state index is 12.2. The van der Waals surface area contributed by atoms with Crippen molar-refractivity contribution in [2.24, 2.45) is 0 Å². The van der Waals surface area contributed by atoms with E-state index in [1.807, 2.05) is 21.6 Å². The van der Waals surface area contributed by atoms with Crippen molar-refractivity contribution in [2.45, 2.75) is 62.7 Å². The Morgan fingerprint density at radius 2 is 2.14 bits per heavy atom. The van der Waals surface area contributed by atoms with Crippen LogP contribution in [-0.2, 0) is 11.2 Å². The van der Waals surface area contributed by atoms with Crippen molar-refractivity contribution in [2.75, 3.05) is 5.75 Å². The minimum Gasteiger partial charge on any atom is -0.349 e. The van der Waals surface area contributed by atoms with Gasteiger partial charge in [0.25, 0.3) is 0 Å². The number of rotatable bonds is 6. The molecule has 1 N–H and O–H groups in total. The van der Waals surface area contributed by atoms with Crippen molar-refractivity contribution in [3.05, 3.63) is 35.4 Å². The summed E-state index contributed by atoms with van der Waals surface area (Å²) >= 11 is 0. The number of carbonyl (C=O) groups is 1. The van der Waals surface area contributed by atoms with Crippen LogP contribution in [0.2, 0.25) is 0 Å². The molecule has 2 unspecified atom stereocenters. The van der Waals surface area contributed by atoms with Gasteiger partial charge in [-0.1, -0.05) is 52.3 Å². The van der Waals surface area contributed by atoms with E-state index in [0.29, 0.717) is 6.42 Å². The Hall–Kier alpha value is -0.610. The van der Waals surface area contributed by atoms with Gasteiger partial charge in [0.15, 0.2) is 0 Å². The number of nitrogens with one attached hydrogen (secondary N) is 1. The summed E-state index contributed by atoms with van der Waals surface area (Å²) in [7, 11) is 4.04. The topological polar surface area (TPSA) is 29.1 Å². The maximum atomic E-state index is 12.2. The van der Waals surface area contributed by atoms with Gasteiger partial charge in [-0.3, -0.25) is 4.79 Å². The molecule has 1 aliphatic carbocycles. The molecule has 1 amide bonds. The average molecular weight is 336 g/mol. The summed E-state index contributed by atoms with van der Waals surface area (Å²) < 4.78 is 0. The van der Waals surface area contributed by atoms with Gasteiger partial charge in [-0.25, -0.2) is 0 Å². The number of benzene rings is 1. The molecule has 1 aromatic rings. The Bertz CT molecular complexity index is 500. The summed E-state index contributed by atoms with van der Waals surface area (Å²) in [6.07, 6.45) is 8.94. The molecule has 4 heteroatoms. The normalized spacial score (nSPS) is 24.0. The largest absolute Gasteiger partial charge is 0.349 e. The van der Waals surface area contributed by atoms with E-state index in [0.717, 1.165) is 24.5 Å². The predicted octanol–water partition coefficient (Wildman–Crippen LogP) is 4.89. The van der Waals surface area contributed by atoms with Crippen LogP contribution in [0.3, 0.4) is 0 Å². The monoisotopic (exact) mass is 335 g/mol. The third-order valence-corrected chi connectivity index (χ3v) is 7.62. The quantitative estimate of drug-likeness (QED) is 0.592. The van der Waals surface area contributed by atoms with Crippen molar-refractivity contribution in [3.63, 3.8) is 0 Å². The molecule has 22 heavy (non-hydrogen) atoms. The zero-order valence-corrected chi connectivity index (χ0v) is 14.7. The van der Waals surface area contributed by atoms with Crippen LogP contribution < -0.4 is 5.32 Å². The third kappa shape index (κ3) is 4.45. The molecule has 0 aromatic heterocycles. The van der Waals surface area contributed by atoms with Crippen molar-refractivity contribution >= 4 is 27.5 Å². The van der Waals surface area contributed by atoms with Crippen LogP contribution in [-0.4, -0.2) is 16.9 Å². The van der Waals surface area contributed by atoms with Crippen molar-refractivity contribution in [1.29, 1.82) is 0 Å². The van der Waals surface area contributed by atoms with Crippen molar-refractivity contribution < 1.29 is 4.79 Å². The van der Waals surface area contributed by atoms with Crippen LogP contribution in [0.25, 0.3) is 0 Å². The molecule has 1 aromatic carbocycles. The molecule has 0 spiro atoms. The van der Waals surface area contributed by atoms with E-state index in [2.05, 4.69) is 29.6 Å². The molecular weight excluding hydrogens is 310 g/mol. The van der Waals surface area contributed by atoms with E-state index in [4.69, 9.17) is 0 Å². The first-order chi connectivity index (χ1) is 10.8. The second-order valence-electron chi connectivity index (χ2n) is 6.29. The molecule has 3 rings (SSSR count). The standard InChI is InChI=1S/C18H25NOS2/c20-18(11-4-2-8-15-12-13-21-22-15)19-17-10-5-7-14-6-1-3-9-16(14)17/h1,3,6,9,15,17H,2,4-5,7-8,10-13H2,(H,19,20). The number of aryl methyl sites for hydroxylation is 1. The van der Waals surface area contributed by atoms with Gasteiger partial charge in [0.2, 0.25) is 5.91 Å². The Labute approximate surface area is 141 Å². The average Bonchev–Trinajstić information content (AvgIpc) is 3.05. The van der Waals surface area contributed by atoms with Crippen LogP contribution in [0.5, 0.6) is 0 Å². The minimum atomic E-state index is 0.232. The summed E-state index contributed by atoms with van der Waals surface area (Å²) in [5, 5.41) is 4.09. The number of hydrogen-bond acceptors (Lipinski definition) is 3. The van der Waals surface area contributed by atoms with E-state index < -0.39 is 0 Å². The van der Waals surface area contributed by atoms with Crippen LogP contribution in [0.1, 0.15) is 62.1 Å². The van der Waals surface area contributed by atoms with Crippen LogP contribution in [0, 0.1) is 0 Å². The molecule has 120 valence electrons. The lowest BCUT2D eigenvalue weighted by Crippen LogP contribution is -2.30. The van der Waals surface area contributed by atoms with E-state index in [-0.39, 0.29) is 11.9 Å². The lowest BCUT2D eigenvalue weighted by Gasteiger charge is -2.26. The predicted molar refractivity (Wildman–Crippen MR) is 97.2 cm³/mol. The third-order valence-electron chi connectivity index (χ3n) is 4.61. The Morgan fingerprint density at radius 3 is 3.00 bits per heavy atom. The molecule has 2 atom stereocenters. The fourth-order valence-electron chi connectivity index (χ4n) is 3.39. The maximum Gasteiger partial charge on any atom is 0.220 e. The first kappa shape index (κ1) is 16.3. The van der Waals surface area contributed by atoms with Gasteiger partial charge in [-0.2, -0.15) is 0 Å². The Balaban J connectivity index is 1.40. The second kappa shape index (κ2) is 8.30. The molecule has 0 saturated carbocycles. The highest BCUT2D eigenvalue weighted by atomic mass is 33.1. The summed E-state index contributed by atoms with van der Waals surface area (Å²) in [4.78, 5) is 12.2. The Kier molecular flexibility index (Phi) is 6.13. The van der Waals surface area contributed by atoms with Gasteiger partial charge in [-0.05, 0) is 49.7 Å². The number of amides is 1. The first-order valence-electron chi connectivity index (χ1n) is 8.48. The highest BCUT2D eigenvalue weighted by Gasteiger charge is 2.21. The second-order valence-corrected chi connectivity index (χ2v) is 9.07. The molecule has 1 saturated heterocycles. The lowest BCUT2D eigenvalue weighted by atomic mass is 9.87. The fourth-order valence-corrected chi connectivity index (χ4v) is 6.42. The summed E-state index contributed by atoms with van der Waals surface area (Å²) in [5.74, 6) is 1.53. The molecule has 2 nitrogen and oxygen atoms in total. The van der Waals surface area contributed by atoms with Crippen LogP contribution in [0.4, 0.5) is 0 Å². The van der Waals surface area contributed by atoms with E-state index >= 15 is 0 Å². The van der Waals surface area contributed by atoms with Gasteiger partial charge in [0, 0.05) is 17.4 Å². The van der Waals surface area contributed by atoms with Crippen molar-refractivity contribution in [3.8, 4) is 0 Å². The number of fused-ring (bicyclic) bond motifs is 1. The van der Waals surface area contributed by atoms with Gasteiger partial charge in [0.1, 0.15) is 0 Å². The van der Waals surface area contributed by atoms with Gasteiger partial charge in [-0.15, -0.1) is 0 Å². The zero-order chi connectivity index (χ0) is 15.2. The number of unbranched alkanes of at least 4 members (excludes halogenated alkanes) is 1. The first-order valence-corrected chi connectivity index (χ1v) is 10.9. The van der Waals surface area contributed by atoms with E-state index in [1.165, 1.54) is 42.6 Å². The summed E-state index contributed by atoms with van der Waals surface area (Å²) in [6.45, 7) is 0. The summed E-state index contributed by atoms with van der Waals surface area (Å²) in [5.41, 5.74) is 2.75.